The van der Waals surface area contributed by atoms with E-state index in [1.807, 2.05) is 7.05 Å². The summed E-state index contributed by atoms with van der Waals surface area (Å²) in [5.74, 6) is -1.14. The van der Waals surface area contributed by atoms with Gasteiger partial charge in [-0.15, -0.1) is 0 Å². The van der Waals surface area contributed by atoms with E-state index in [1.54, 1.807) is 0 Å². The van der Waals surface area contributed by atoms with Crippen LogP contribution in [-0.4, -0.2) is 45.8 Å². The molecule has 2 rings (SSSR count). The van der Waals surface area contributed by atoms with E-state index in [2.05, 4.69) is 11.8 Å². The Labute approximate surface area is 122 Å². The highest BCUT2D eigenvalue weighted by molar-refractivity contribution is 5.72. The van der Waals surface area contributed by atoms with Crippen molar-refractivity contribution in [2.24, 2.45) is 5.92 Å². The van der Waals surface area contributed by atoms with Gasteiger partial charge in [0.2, 0.25) is 0 Å². The van der Waals surface area contributed by atoms with Crippen molar-refractivity contribution < 1.29 is 15.0 Å². The van der Waals surface area contributed by atoms with Crippen molar-refractivity contribution in [1.29, 1.82) is 0 Å². The average molecular weight is 283 g/mol. The maximum Gasteiger partial charge on any atom is 0.308 e. The predicted octanol–water partition coefficient (Wildman–Crippen LogP) is 2.65. The SMILES string of the molecule is CCCCCC1CCC(O)C2(CCCC2C(=O)O)N1C. The van der Waals surface area contributed by atoms with Crippen molar-refractivity contribution >= 4 is 5.97 Å². The Bertz CT molecular complexity index is 347. The summed E-state index contributed by atoms with van der Waals surface area (Å²) in [7, 11) is 2.04. The fraction of sp³-hybridized carbons (Fsp3) is 0.938. The molecule has 4 unspecified atom stereocenters. The van der Waals surface area contributed by atoms with Crippen LogP contribution < -0.4 is 0 Å². The third kappa shape index (κ3) is 2.60. The Morgan fingerprint density at radius 1 is 1.30 bits per heavy atom. The average Bonchev–Trinajstić information content (AvgIpc) is 2.85. The lowest BCUT2D eigenvalue weighted by Crippen LogP contribution is -2.65. The summed E-state index contributed by atoms with van der Waals surface area (Å²) in [6, 6.07) is 0.435. The van der Waals surface area contributed by atoms with Crippen molar-refractivity contribution in [3.8, 4) is 0 Å². The Hall–Kier alpha value is -0.610. The third-order valence-corrected chi connectivity index (χ3v) is 5.67. The van der Waals surface area contributed by atoms with Crippen LogP contribution in [0.4, 0.5) is 0 Å². The zero-order valence-electron chi connectivity index (χ0n) is 12.8. The second-order valence-corrected chi connectivity index (χ2v) is 6.63. The molecule has 0 aromatic carbocycles. The van der Waals surface area contributed by atoms with E-state index >= 15 is 0 Å². The van der Waals surface area contributed by atoms with E-state index in [-0.39, 0.29) is 0 Å². The van der Waals surface area contributed by atoms with E-state index in [9.17, 15) is 15.0 Å². The molecule has 1 aliphatic heterocycles. The number of unbranched alkanes of at least 4 members (excludes halogenated alkanes) is 2. The molecule has 4 heteroatoms. The molecule has 0 bridgehead atoms. The third-order valence-electron chi connectivity index (χ3n) is 5.67. The minimum absolute atomic E-state index is 0.406. The summed E-state index contributed by atoms with van der Waals surface area (Å²) in [6.45, 7) is 2.20. The van der Waals surface area contributed by atoms with E-state index in [0.29, 0.717) is 12.5 Å². The summed E-state index contributed by atoms with van der Waals surface area (Å²) in [5.41, 5.74) is -0.513. The Balaban J connectivity index is 2.14. The summed E-state index contributed by atoms with van der Waals surface area (Å²) in [6.07, 6.45) is 8.49. The topological polar surface area (TPSA) is 60.8 Å². The number of carbonyl (C=O) groups is 1. The lowest BCUT2D eigenvalue weighted by Gasteiger charge is -2.53. The number of carboxylic acids is 1. The molecule has 2 fully saturated rings. The number of likely N-dealkylation sites (N-methyl/N-ethyl adjacent to an activating group) is 1. The highest BCUT2D eigenvalue weighted by Gasteiger charge is 2.57. The maximum absolute atomic E-state index is 11.6. The number of piperidine rings is 1. The largest absolute Gasteiger partial charge is 0.481 e. The van der Waals surface area contributed by atoms with Gasteiger partial charge in [0.15, 0.2) is 0 Å². The van der Waals surface area contributed by atoms with Gasteiger partial charge in [-0.05, 0) is 39.2 Å². The van der Waals surface area contributed by atoms with Crippen LogP contribution in [0.2, 0.25) is 0 Å². The van der Waals surface area contributed by atoms with E-state index < -0.39 is 23.5 Å². The number of hydrogen-bond donors (Lipinski definition) is 2. The van der Waals surface area contributed by atoms with Gasteiger partial charge in [0, 0.05) is 6.04 Å². The van der Waals surface area contributed by atoms with Crippen molar-refractivity contribution in [3.63, 3.8) is 0 Å². The second-order valence-electron chi connectivity index (χ2n) is 6.63. The van der Waals surface area contributed by atoms with E-state index in [0.717, 1.165) is 32.1 Å². The zero-order valence-corrected chi connectivity index (χ0v) is 12.8. The van der Waals surface area contributed by atoms with E-state index in [4.69, 9.17) is 0 Å². The van der Waals surface area contributed by atoms with Gasteiger partial charge in [-0.25, -0.2) is 0 Å². The maximum atomic E-state index is 11.6. The molecular formula is C16H29NO3. The number of aliphatic carboxylic acids is 1. The monoisotopic (exact) mass is 283 g/mol. The smallest absolute Gasteiger partial charge is 0.308 e. The lowest BCUT2D eigenvalue weighted by atomic mass is 9.73. The number of nitrogens with zero attached hydrogens (tertiary/aromatic N) is 1. The summed E-state index contributed by atoms with van der Waals surface area (Å²) >= 11 is 0. The van der Waals surface area contributed by atoms with Crippen LogP contribution >= 0.6 is 0 Å². The molecule has 2 N–H and O–H groups in total. The van der Waals surface area contributed by atoms with Gasteiger partial charge in [0.1, 0.15) is 0 Å². The molecule has 1 saturated carbocycles. The summed E-state index contributed by atoms with van der Waals surface area (Å²) in [4.78, 5) is 13.8. The van der Waals surface area contributed by atoms with Gasteiger partial charge in [-0.3, -0.25) is 9.69 Å². The van der Waals surface area contributed by atoms with Crippen LogP contribution in [0.1, 0.15) is 64.7 Å². The van der Waals surface area contributed by atoms with Gasteiger partial charge in [0.05, 0.1) is 17.6 Å². The minimum Gasteiger partial charge on any atom is -0.481 e. The molecule has 0 aromatic rings. The molecular weight excluding hydrogens is 254 g/mol. The van der Waals surface area contributed by atoms with Gasteiger partial charge in [-0.2, -0.15) is 0 Å². The van der Waals surface area contributed by atoms with Crippen LogP contribution in [-0.2, 0) is 4.79 Å². The normalized spacial score (nSPS) is 38.5. The first-order chi connectivity index (χ1) is 9.54. The highest BCUT2D eigenvalue weighted by atomic mass is 16.4. The number of aliphatic hydroxyl groups excluding tert-OH is 1. The Kier molecular flexibility index (Phi) is 5.08. The first-order valence-corrected chi connectivity index (χ1v) is 8.17. The van der Waals surface area contributed by atoms with Crippen LogP contribution in [0.25, 0.3) is 0 Å². The van der Waals surface area contributed by atoms with Crippen LogP contribution in [0, 0.1) is 5.92 Å². The van der Waals surface area contributed by atoms with Crippen LogP contribution in [0.15, 0.2) is 0 Å². The standard InChI is InChI=1S/C16H29NO3/c1-3-4-5-7-12-9-10-14(18)16(17(12)2)11-6-8-13(16)15(19)20/h12-14,18H,3-11H2,1-2H3,(H,19,20). The van der Waals surface area contributed by atoms with Crippen molar-refractivity contribution in [2.75, 3.05) is 7.05 Å². The van der Waals surface area contributed by atoms with Crippen molar-refractivity contribution in [3.05, 3.63) is 0 Å². The molecule has 116 valence electrons. The lowest BCUT2D eigenvalue weighted by molar-refractivity contribution is -0.157. The molecule has 0 amide bonds. The number of hydrogen-bond acceptors (Lipinski definition) is 3. The molecule has 4 nitrogen and oxygen atoms in total. The van der Waals surface area contributed by atoms with Gasteiger partial charge < -0.3 is 10.2 Å². The molecule has 1 heterocycles. The minimum atomic E-state index is -0.734. The predicted molar refractivity (Wildman–Crippen MR) is 78.6 cm³/mol. The number of rotatable bonds is 5. The van der Waals surface area contributed by atoms with Crippen LogP contribution in [0.5, 0.6) is 0 Å². The molecule has 20 heavy (non-hydrogen) atoms. The summed E-state index contributed by atoms with van der Waals surface area (Å²) in [5, 5.41) is 20.1. The van der Waals surface area contributed by atoms with Crippen molar-refractivity contribution in [1.82, 2.24) is 4.90 Å². The number of likely N-dealkylation sites (tertiary alicyclic amines) is 1. The molecule has 0 radical (unpaired) electrons. The molecule has 0 aromatic heterocycles. The molecule has 1 spiro atoms. The second kappa shape index (κ2) is 6.44. The van der Waals surface area contributed by atoms with Gasteiger partial charge in [-0.1, -0.05) is 32.6 Å². The fourth-order valence-corrected chi connectivity index (χ4v) is 4.51. The molecule has 1 saturated heterocycles. The number of carboxylic acid groups (broad SMARTS) is 1. The number of aliphatic hydroxyl groups is 1. The van der Waals surface area contributed by atoms with Gasteiger partial charge in [0.25, 0.3) is 0 Å². The fourth-order valence-electron chi connectivity index (χ4n) is 4.51. The first kappa shape index (κ1) is 15.8. The molecule has 1 aliphatic carbocycles. The summed E-state index contributed by atoms with van der Waals surface area (Å²) < 4.78 is 0. The first-order valence-electron chi connectivity index (χ1n) is 8.17. The van der Waals surface area contributed by atoms with Crippen LogP contribution in [0.3, 0.4) is 0 Å². The van der Waals surface area contributed by atoms with Gasteiger partial charge >= 0.3 is 5.97 Å². The zero-order chi connectivity index (χ0) is 14.8. The van der Waals surface area contributed by atoms with E-state index in [1.165, 1.54) is 19.3 Å². The molecule has 2 aliphatic rings. The Morgan fingerprint density at radius 3 is 2.70 bits per heavy atom. The molecule has 4 atom stereocenters. The Morgan fingerprint density at radius 2 is 2.05 bits per heavy atom. The quantitative estimate of drug-likeness (QED) is 0.762. The van der Waals surface area contributed by atoms with Crippen molar-refractivity contribution in [2.45, 2.75) is 82.4 Å². The highest BCUT2D eigenvalue weighted by Crippen LogP contribution is 2.48.